The van der Waals surface area contributed by atoms with Crippen molar-refractivity contribution in [3.05, 3.63) is 30.1 Å². The molecule has 0 saturated heterocycles. The second-order valence-electron chi connectivity index (χ2n) is 8.99. The van der Waals surface area contributed by atoms with Gasteiger partial charge in [-0.05, 0) is 51.8 Å². The third kappa shape index (κ3) is 6.92. The molecule has 0 radical (unpaired) electrons. The summed E-state index contributed by atoms with van der Waals surface area (Å²) < 4.78 is 50.1. The van der Waals surface area contributed by atoms with E-state index in [1.165, 1.54) is 6.92 Å². The summed E-state index contributed by atoms with van der Waals surface area (Å²) in [5.74, 6) is -1.50. The molecule has 0 aromatic carbocycles. The molecule has 7 nitrogen and oxygen atoms in total. The Morgan fingerprint density at radius 3 is 2.39 bits per heavy atom. The van der Waals surface area contributed by atoms with E-state index in [0.29, 0.717) is 24.6 Å². The van der Waals surface area contributed by atoms with Gasteiger partial charge in [-0.15, -0.1) is 5.10 Å². The fourth-order valence-electron chi connectivity index (χ4n) is 3.90. The van der Waals surface area contributed by atoms with Crippen molar-refractivity contribution in [1.29, 1.82) is 0 Å². The number of rotatable bonds is 6. The number of aryl methyl sites for hydroxylation is 1. The molecule has 36 heavy (non-hydrogen) atoms. The van der Waals surface area contributed by atoms with Crippen LogP contribution in [0.25, 0.3) is 16.8 Å². The van der Waals surface area contributed by atoms with Gasteiger partial charge in [0.2, 0.25) is 18.3 Å². The number of aliphatic imine (C=N–C) groups is 1. The molecule has 4 rings (SSSR count). The van der Waals surface area contributed by atoms with Gasteiger partial charge in [0.05, 0.1) is 17.1 Å². The van der Waals surface area contributed by atoms with Gasteiger partial charge in [0.25, 0.3) is 0 Å². The predicted octanol–water partition coefficient (Wildman–Crippen LogP) is 6.91. The van der Waals surface area contributed by atoms with E-state index >= 15 is 0 Å². The molecule has 3 aromatic heterocycles. The van der Waals surface area contributed by atoms with Crippen molar-refractivity contribution >= 4 is 28.7 Å². The first kappa shape index (κ1) is 27.3. The van der Waals surface area contributed by atoms with Crippen LogP contribution in [0.2, 0.25) is 0 Å². The zero-order valence-corrected chi connectivity index (χ0v) is 21.2. The van der Waals surface area contributed by atoms with Crippen molar-refractivity contribution in [1.82, 2.24) is 19.6 Å². The van der Waals surface area contributed by atoms with Crippen LogP contribution < -0.4 is 10.6 Å². The molecule has 3 aromatic rings. The summed E-state index contributed by atoms with van der Waals surface area (Å²) >= 11 is 0. The second-order valence-corrected chi connectivity index (χ2v) is 8.99. The molecular weight excluding hydrogens is 474 g/mol. The second kappa shape index (κ2) is 11.7. The zero-order chi connectivity index (χ0) is 26.5. The first-order chi connectivity index (χ1) is 17.0. The monoisotopic (exact) mass is 507 g/mol. The first-order valence-electron chi connectivity index (χ1n) is 12.0. The highest BCUT2D eigenvalue weighted by Gasteiger charge is 2.35. The number of hydrogen-bond acceptors (Lipinski definition) is 6. The van der Waals surface area contributed by atoms with Gasteiger partial charge in [-0.25, -0.2) is 22.1 Å². The van der Waals surface area contributed by atoms with E-state index in [-0.39, 0.29) is 25.3 Å². The van der Waals surface area contributed by atoms with Crippen LogP contribution in [0.15, 0.2) is 29.4 Å². The Morgan fingerprint density at radius 1 is 1.17 bits per heavy atom. The van der Waals surface area contributed by atoms with Gasteiger partial charge in [0, 0.05) is 49.8 Å². The van der Waals surface area contributed by atoms with Crippen molar-refractivity contribution < 1.29 is 17.6 Å². The van der Waals surface area contributed by atoms with Gasteiger partial charge in [0.15, 0.2) is 5.82 Å². The molecular formula is C25H33F4N7. The molecule has 1 aliphatic carbocycles. The van der Waals surface area contributed by atoms with Gasteiger partial charge >= 0.3 is 0 Å². The lowest BCUT2D eigenvalue weighted by Gasteiger charge is -2.28. The Bertz CT molecular complexity index is 1190. The molecule has 0 amide bonds. The molecule has 0 bridgehead atoms. The number of anilines is 2. The number of nitrogens with one attached hydrogen (secondary N) is 2. The molecule has 1 fully saturated rings. The normalized spacial score (nSPS) is 15.4. The topological polar surface area (TPSA) is 79.5 Å². The van der Waals surface area contributed by atoms with E-state index in [2.05, 4.69) is 25.7 Å². The summed E-state index contributed by atoms with van der Waals surface area (Å²) in [5, 5.41) is 10.9. The maximum atomic E-state index is 13.4. The van der Waals surface area contributed by atoms with E-state index in [1.807, 2.05) is 45.2 Å². The van der Waals surface area contributed by atoms with Crippen LogP contribution in [-0.4, -0.2) is 50.7 Å². The minimum atomic E-state index is -2.56. The quantitative estimate of drug-likeness (QED) is 0.280. The van der Waals surface area contributed by atoms with E-state index in [0.717, 1.165) is 33.9 Å². The maximum Gasteiger partial charge on any atom is 0.248 e. The number of nitrogens with zero attached hydrogens (tertiary/aromatic N) is 5. The Morgan fingerprint density at radius 2 is 1.83 bits per heavy atom. The van der Waals surface area contributed by atoms with Crippen LogP contribution in [0, 0.1) is 6.92 Å². The molecule has 0 spiro atoms. The average Bonchev–Trinajstić information content (AvgIpc) is 3.25. The largest absolute Gasteiger partial charge is 0.371 e. The van der Waals surface area contributed by atoms with Gasteiger partial charge in [0.1, 0.15) is 5.52 Å². The maximum absolute atomic E-state index is 13.4. The Labute approximate surface area is 208 Å². The summed E-state index contributed by atoms with van der Waals surface area (Å²) in [6, 6.07) is 5.79. The molecule has 1 aliphatic rings. The Kier molecular flexibility index (Phi) is 8.86. The van der Waals surface area contributed by atoms with Crippen molar-refractivity contribution in [2.45, 2.75) is 78.2 Å². The summed E-state index contributed by atoms with van der Waals surface area (Å²) in [6.07, 6.45) is 0.289. The number of aromatic nitrogens is 4. The third-order valence-electron chi connectivity index (χ3n) is 5.78. The molecule has 0 atom stereocenters. The predicted molar refractivity (Wildman–Crippen MR) is 136 cm³/mol. The lowest BCUT2D eigenvalue weighted by molar-refractivity contribution is -0.0361. The smallest absolute Gasteiger partial charge is 0.248 e. The molecule has 0 aliphatic heterocycles. The fourth-order valence-corrected chi connectivity index (χ4v) is 3.90. The number of hydrogen-bond donors (Lipinski definition) is 2. The number of pyridine rings is 1. The number of fused-ring (bicyclic) bond motifs is 1. The van der Waals surface area contributed by atoms with Crippen LogP contribution in [0.3, 0.4) is 0 Å². The minimum absolute atomic E-state index is 0.0278. The van der Waals surface area contributed by atoms with Crippen molar-refractivity contribution in [3.8, 4) is 11.3 Å². The van der Waals surface area contributed by atoms with E-state index in [4.69, 9.17) is 4.98 Å². The van der Waals surface area contributed by atoms with Crippen molar-refractivity contribution in [2.75, 3.05) is 17.7 Å². The van der Waals surface area contributed by atoms with Gasteiger partial charge in [-0.2, -0.15) is 4.98 Å². The Hall–Kier alpha value is -3.24. The summed E-state index contributed by atoms with van der Waals surface area (Å²) in [7, 11) is 1.80. The SMILES string of the molecule is CCC(F)F.CNc1nc(NC2CCC(F)(F)CC2)nn2ccc(-c3ccc(N=C(C)C)c(C)n3)c12. The summed E-state index contributed by atoms with van der Waals surface area (Å²) in [6.45, 7) is 7.30. The van der Waals surface area contributed by atoms with Crippen molar-refractivity contribution in [2.24, 2.45) is 4.99 Å². The van der Waals surface area contributed by atoms with Crippen LogP contribution >= 0.6 is 0 Å². The molecule has 1 saturated carbocycles. The first-order valence-corrected chi connectivity index (χ1v) is 12.0. The standard InChI is InChI=1S/C22H27F2N7.C3H6F2/c1-13(2)26-17-5-6-18(27-14(17)3)16-9-12-31-19(16)20(25-4)29-21(30-31)28-15-7-10-22(23,24)11-8-15;1-2-3(4)5/h5-6,9,12,15H,7-8,10-11H2,1-4H3,(H2,25,28,29,30);3H,2H2,1H3. The molecule has 2 N–H and O–H groups in total. The highest BCUT2D eigenvalue weighted by Crippen LogP contribution is 2.35. The van der Waals surface area contributed by atoms with Gasteiger partial charge < -0.3 is 10.6 Å². The lowest BCUT2D eigenvalue weighted by atomic mass is 9.92. The summed E-state index contributed by atoms with van der Waals surface area (Å²) in [5.41, 5.74) is 5.18. The molecule has 3 heterocycles. The highest BCUT2D eigenvalue weighted by atomic mass is 19.3. The van der Waals surface area contributed by atoms with Crippen molar-refractivity contribution in [3.63, 3.8) is 0 Å². The van der Waals surface area contributed by atoms with E-state index in [1.54, 1.807) is 11.6 Å². The van der Waals surface area contributed by atoms with Crippen LogP contribution in [0.4, 0.5) is 35.0 Å². The zero-order valence-electron chi connectivity index (χ0n) is 21.2. The van der Waals surface area contributed by atoms with Gasteiger partial charge in [-0.1, -0.05) is 6.92 Å². The number of halogens is 4. The van der Waals surface area contributed by atoms with Gasteiger partial charge in [-0.3, -0.25) is 9.98 Å². The van der Waals surface area contributed by atoms with Crippen LogP contribution in [0.1, 0.15) is 58.6 Å². The highest BCUT2D eigenvalue weighted by molar-refractivity contribution is 5.88. The van der Waals surface area contributed by atoms with Crippen LogP contribution in [-0.2, 0) is 0 Å². The van der Waals surface area contributed by atoms with E-state index in [9.17, 15) is 17.6 Å². The fraction of sp³-hybridized carbons (Fsp3) is 0.520. The Balaban J connectivity index is 0.000000658. The minimum Gasteiger partial charge on any atom is -0.371 e. The molecule has 11 heteroatoms. The summed E-state index contributed by atoms with van der Waals surface area (Å²) in [4.78, 5) is 13.8. The molecule has 196 valence electrons. The number of alkyl halides is 4. The third-order valence-corrected chi connectivity index (χ3v) is 5.78. The molecule has 0 unspecified atom stereocenters. The lowest BCUT2D eigenvalue weighted by Crippen LogP contribution is -2.32. The van der Waals surface area contributed by atoms with E-state index < -0.39 is 12.3 Å². The van der Waals surface area contributed by atoms with Crippen LogP contribution in [0.5, 0.6) is 0 Å². The average molecular weight is 508 g/mol.